The second kappa shape index (κ2) is 8.86. The lowest BCUT2D eigenvalue weighted by molar-refractivity contribution is -0.127. The average molecular weight is 435 g/mol. The minimum atomic E-state index is -3.38. The first-order valence-electron chi connectivity index (χ1n) is 9.77. The molecule has 0 saturated carbocycles. The molecule has 1 amide bonds. The Balaban J connectivity index is 1.57. The van der Waals surface area contributed by atoms with Crippen LogP contribution in [-0.2, 0) is 26.1 Å². The van der Waals surface area contributed by atoms with Crippen LogP contribution in [0.4, 0.5) is 0 Å². The molecule has 7 heteroatoms. The Hall–Kier alpha value is -1.89. The van der Waals surface area contributed by atoms with Crippen molar-refractivity contribution in [3.63, 3.8) is 0 Å². The van der Waals surface area contributed by atoms with E-state index in [0.717, 1.165) is 11.1 Å². The number of rotatable bonds is 6. The normalized spacial score (nSPS) is 16.5. The van der Waals surface area contributed by atoms with Gasteiger partial charge in [-0.05, 0) is 49.9 Å². The van der Waals surface area contributed by atoms with Crippen molar-refractivity contribution >= 4 is 27.5 Å². The monoisotopic (exact) mass is 434 g/mol. The molecule has 0 bridgehead atoms. The van der Waals surface area contributed by atoms with Gasteiger partial charge in [0.25, 0.3) is 0 Å². The number of carbonyl (C=O) groups is 1. The van der Waals surface area contributed by atoms with Crippen molar-refractivity contribution in [1.82, 2.24) is 9.62 Å². The molecule has 3 rings (SSSR count). The largest absolute Gasteiger partial charge is 0.347 e. The molecular weight excluding hydrogens is 408 g/mol. The summed E-state index contributed by atoms with van der Waals surface area (Å²) in [6.45, 7) is 4.64. The highest BCUT2D eigenvalue weighted by Gasteiger charge is 2.33. The average Bonchev–Trinajstić information content (AvgIpc) is 2.68. The molecule has 1 N–H and O–H groups in total. The highest BCUT2D eigenvalue weighted by molar-refractivity contribution is 7.88. The van der Waals surface area contributed by atoms with E-state index >= 15 is 0 Å². The van der Waals surface area contributed by atoms with Crippen LogP contribution in [0.2, 0.25) is 5.02 Å². The second-order valence-electron chi connectivity index (χ2n) is 8.04. The lowest BCUT2D eigenvalue weighted by atomic mass is 9.91. The number of sulfonamides is 1. The van der Waals surface area contributed by atoms with Gasteiger partial charge >= 0.3 is 0 Å². The molecule has 5 nitrogen and oxygen atoms in total. The molecular formula is C22H27ClN2O3S. The third-order valence-corrected chi connectivity index (χ3v) is 7.51. The summed E-state index contributed by atoms with van der Waals surface area (Å²) in [4.78, 5) is 12.8. The molecule has 1 heterocycles. The summed E-state index contributed by atoms with van der Waals surface area (Å²) in [5, 5.41) is 3.76. The van der Waals surface area contributed by atoms with Crippen molar-refractivity contribution < 1.29 is 13.2 Å². The predicted molar refractivity (Wildman–Crippen MR) is 116 cm³/mol. The SMILES string of the molecule is CC(C)(NC(=O)C1CCN(S(=O)(=O)Cc2ccccc2)CC1)c1ccc(Cl)cc1. The van der Waals surface area contributed by atoms with E-state index < -0.39 is 15.6 Å². The molecule has 0 aromatic heterocycles. The number of halogens is 1. The number of nitrogens with one attached hydrogen (secondary N) is 1. The van der Waals surface area contributed by atoms with Gasteiger partial charge < -0.3 is 5.32 Å². The number of amides is 1. The summed E-state index contributed by atoms with van der Waals surface area (Å²) in [6, 6.07) is 16.6. The molecule has 0 aliphatic carbocycles. The smallest absolute Gasteiger partial charge is 0.223 e. The van der Waals surface area contributed by atoms with Crippen molar-refractivity contribution in [3.8, 4) is 0 Å². The first-order chi connectivity index (χ1) is 13.7. The molecule has 0 radical (unpaired) electrons. The molecule has 156 valence electrons. The number of nitrogens with zero attached hydrogens (tertiary/aromatic N) is 1. The van der Waals surface area contributed by atoms with Crippen molar-refractivity contribution in [2.45, 2.75) is 38.0 Å². The van der Waals surface area contributed by atoms with E-state index in [4.69, 9.17) is 11.6 Å². The first kappa shape index (κ1) is 21.8. The molecule has 2 aromatic carbocycles. The van der Waals surface area contributed by atoms with Gasteiger partial charge in [-0.3, -0.25) is 4.79 Å². The summed E-state index contributed by atoms with van der Waals surface area (Å²) >= 11 is 5.95. The van der Waals surface area contributed by atoms with Crippen LogP contribution in [0.5, 0.6) is 0 Å². The van der Waals surface area contributed by atoms with Crippen LogP contribution >= 0.6 is 11.6 Å². The Morgan fingerprint density at radius 3 is 2.24 bits per heavy atom. The van der Waals surface area contributed by atoms with Crippen LogP contribution < -0.4 is 5.32 Å². The van der Waals surface area contributed by atoms with E-state index in [1.54, 1.807) is 12.1 Å². The van der Waals surface area contributed by atoms with Crippen LogP contribution in [0.25, 0.3) is 0 Å². The number of benzene rings is 2. The van der Waals surface area contributed by atoms with Gasteiger partial charge in [0.15, 0.2) is 0 Å². The van der Waals surface area contributed by atoms with Gasteiger partial charge in [0.2, 0.25) is 15.9 Å². The maximum atomic E-state index is 12.8. The molecule has 1 aliphatic heterocycles. The van der Waals surface area contributed by atoms with Crippen LogP contribution in [0.3, 0.4) is 0 Å². The Morgan fingerprint density at radius 2 is 1.66 bits per heavy atom. The topological polar surface area (TPSA) is 66.5 Å². The van der Waals surface area contributed by atoms with Gasteiger partial charge in [0.1, 0.15) is 0 Å². The number of hydrogen-bond acceptors (Lipinski definition) is 3. The highest BCUT2D eigenvalue weighted by atomic mass is 35.5. The summed E-state index contributed by atoms with van der Waals surface area (Å²) < 4.78 is 26.9. The number of hydrogen-bond donors (Lipinski definition) is 1. The zero-order valence-corrected chi connectivity index (χ0v) is 18.3. The van der Waals surface area contributed by atoms with Crippen molar-refractivity contribution in [2.75, 3.05) is 13.1 Å². The molecule has 0 spiro atoms. The maximum absolute atomic E-state index is 12.8. The van der Waals surface area contributed by atoms with Crippen LogP contribution in [0.15, 0.2) is 54.6 Å². The van der Waals surface area contributed by atoms with Crippen LogP contribution in [0.1, 0.15) is 37.8 Å². The molecule has 1 aliphatic rings. The standard InChI is InChI=1S/C22H27ClN2O3S/c1-22(2,19-8-10-20(23)11-9-19)24-21(26)18-12-14-25(15-13-18)29(27,28)16-17-6-4-3-5-7-17/h3-11,18H,12-16H2,1-2H3,(H,24,26). The van der Waals surface area contributed by atoms with E-state index in [2.05, 4.69) is 5.32 Å². The summed E-state index contributed by atoms with van der Waals surface area (Å²) in [5.74, 6) is -0.233. The quantitative estimate of drug-likeness (QED) is 0.748. The minimum Gasteiger partial charge on any atom is -0.347 e. The number of piperidine rings is 1. The van der Waals surface area contributed by atoms with Crippen molar-refractivity contribution in [1.29, 1.82) is 0 Å². The van der Waals surface area contributed by atoms with E-state index in [0.29, 0.717) is 31.0 Å². The van der Waals surface area contributed by atoms with Gasteiger partial charge in [-0.15, -0.1) is 0 Å². The molecule has 29 heavy (non-hydrogen) atoms. The molecule has 2 aromatic rings. The van der Waals surface area contributed by atoms with Crippen LogP contribution in [0, 0.1) is 5.92 Å². The summed E-state index contributed by atoms with van der Waals surface area (Å²) in [6.07, 6.45) is 1.05. The number of carbonyl (C=O) groups excluding carboxylic acids is 1. The fourth-order valence-electron chi connectivity index (χ4n) is 3.62. The first-order valence-corrected chi connectivity index (χ1v) is 11.8. The zero-order chi connectivity index (χ0) is 21.1. The van der Waals surface area contributed by atoms with E-state index in [1.165, 1.54) is 4.31 Å². The van der Waals surface area contributed by atoms with E-state index in [9.17, 15) is 13.2 Å². The van der Waals surface area contributed by atoms with Gasteiger partial charge in [-0.2, -0.15) is 0 Å². The lowest BCUT2D eigenvalue weighted by Gasteiger charge is -2.33. The fraction of sp³-hybridized carbons (Fsp3) is 0.409. The van der Waals surface area contributed by atoms with Gasteiger partial charge in [-0.1, -0.05) is 54.1 Å². The fourth-order valence-corrected chi connectivity index (χ4v) is 5.31. The van der Waals surface area contributed by atoms with Crippen LogP contribution in [-0.4, -0.2) is 31.7 Å². The molecule has 0 atom stereocenters. The third-order valence-electron chi connectivity index (χ3n) is 5.41. The zero-order valence-electron chi connectivity index (χ0n) is 16.8. The van der Waals surface area contributed by atoms with E-state index in [1.807, 2.05) is 56.3 Å². The molecule has 0 unspecified atom stereocenters. The Kier molecular flexibility index (Phi) is 6.66. The Labute approximate surface area is 178 Å². The van der Waals surface area contributed by atoms with Gasteiger partial charge in [0.05, 0.1) is 11.3 Å². The summed E-state index contributed by atoms with van der Waals surface area (Å²) in [7, 11) is -3.38. The third kappa shape index (κ3) is 5.59. The lowest BCUT2D eigenvalue weighted by Crippen LogP contribution is -2.48. The second-order valence-corrected chi connectivity index (χ2v) is 10.4. The van der Waals surface area contributed by atoms with Gasteiger partial charge in [0, 0.05) is 24.0 Å². The van der Waals surface area contributed by atoms with Gasteiger partial charge in [-0.25, -0.2) is 12.7 Å². The molecule has 1 fully saturated rings. The van der Waals surface area contributed by atoms with E-state index in [-0.39, 0.29) is 17.6 Å². The van der Waals surface area contributed by atoms with Crippen molar-refractivity contribution in [2.24, 2.45) is 5.92 Å². The predicted octanol–water partition coefficient (Wildman–Crippen LogP) is 3.93. The highest BCUT2D eigenvalue weighted by Crippen LogP contribution is 2.26. The Bertz CT molecular complexity index is 936. The maximum Gasteiger partial charge on any atom is 0.223 e. The van der Waals surface area contributed by atoms with Crippen molar-refractivity contribution in [3.05, 3.63) is 70.7 Å². The minimum absolute atomic E-state index is 0.00565. The Morgan fingerprint density at radius 1 is 1.07 bits per heavy atom. The molecule has 1 saturated heterocycles. The summed E-state index contributed by atoms with van der Waals surface area (Å²) in [5.41, 5.74) is 1.22.